The minimum Gasteiger partial charge on any atom is -0.493 e. The SMILES string of the molecule is COc1cc(CN(C)C(=O)C2(C#N)CC2)cc(OC)c1OC. The number of ether oxygens (including phenoxy) is 3. The number of rotatable bonds is 6. The van der Waals surface area contributed by atoms with Crippen molar-refractivity contribution in [2.45, 2.75) is 19.4 Å². The van der Waals surface area contributed by atoms with E-state index in [1.807, 2.05) is 0 Å². The Morgan fingerprint density at radius 3 is 2.14 bits per heavy atom. The summed E-state index contributed by atoms with van der Waals surface area (Å²) in [4.78, 5) is 13.9. The molecular weight excluding hydrogens is 284 g/mol. The molecule has 0 aromatic heterocycles. The molecule has 6 nitrogen and oxygen atoms in total. The van der Waals surface area contributed by atoms with E-state index in [4.69, 9.17) is 19.5 Å². The first-order valence-corrected chi connectivity index (χ1v) is 6.97. The lowest BCUT2D eigenvalue weighted by Gasteiger charge is -2.21. The molecule has 6 heteroatoms. The van der Waals surface area contributed by atoms with Gasteiger partial charge in [0.15, 0.2) is 11.5 Å². The van der Waals surface area contributed by atoms with E-state index in [1.165, 1.54) is 0 Å². The fourth-order valence-electron chi connectivity index (χ4n) is 2.44. The molecule has 1 aromatic rings. The molecular formula is C16H20N2O4. The van der Waals surface area contributed by atoms with Gasteiger partial charge in [-0.1, -0.05) is 0 Å². The zero-order valence-electron chi connectivity index (χ0n) is 13.3. The third-order valence-corrected chi connectivity index (χ3v) is 3.86. The van der Waals surface area contributed by atoms with E-state index in [0.29, 0.717) is 36.6 Å². The number of benzene rings is 1. The van der Waals surface area contributed by atoms with Gasteiger partial charge in [-0.2, -0.15) is 5.26 Å². The first-order valence-electron chi connectivity index (χ1n) is 6.97. The molecule has 0 unspecified atom stereocenters. The van der Waals surface area contributed by atoms with Gasteiger partial charge >= 0.3 is 0 Å². The van der Waals surface area contributed by atoms with Crippen molar-refractivity contribution < 1.29 is 19.0 Å². The van der Waals surface area contributed by atoms with E-state index in [9.17, 15) is 4.79 Å². The Morgan fingerprint density at radius 1 is 1.23 bits per heavy atom. The molecule has 2 rings (SSSR count). The molecule has 1 aliphatic rings. The predicted molar refractivity (Wildman–Crippen MR) is 79.9 cm³/mol. The number of hydrogen-bond donors (Lipinski definition) is 0. The van der Waals surface area contributed by atoms with E-state index in [2.05, 4.69) is 6.07 Å². The van der Waals surface area contributed by atoms with Crippen LogP contribution in [0.15, 0.2) is 12.1 Å². The zero-order chi connectivity index (χ0) is 16.3. The molecule has 1 saturated carbocycles. The van der Waals surface area contributed by atoms with Gasteiger partial charge in [0.1, 0.15) is 5.41 Å². The molecule has 0 heterocycles. The summed E-state index contributed by atoms with van der Waals surface area (Å²) in [6, 6.07) is 5.73. The molecule has 1 amide bonds. The molecule has 0 radical (unpaired) electrons. The first kappa shape index (κ1) is 16.0. The van der Waals surface area contributed by atoms with Crippen LogP contribution in [0.5, 0.6) is 17.2 Å². The Labute approximate surface area is 130 Å². The molecule has 0 saturated heterocycles. The Bertz CT molecular complexity index is 592. The van der Waals surface area contributed by atoms with Crippen molar-refractivity contribution in [3.63, 3.8) is 0 Å². The fourth-order valence-corrected chi connectivity index (χ4v) is 2.44. The average molecular weight is 304 g/mol. The van der Waals surface area contributed by atoms with Crippen molar-refractivity contribution in [3.05, 3.63) is 17.7 Å². The highest BCUT2D eigenvalue weighted by Crippen LogP contribution is 2.46. The van der Waals surface area contributed by atoms with E-state index >= 15 is 0 Å². The molecule has 0 aliphatic heterocycles. The molecule has 1 aromatic carbocycles. The van der Waals surface area contributed by atoms with Gasteiger partial charge in [-0.15, -0.1) is 0 Å². The zero-order valence-corrected chi connectivity index (χ0v) is 13.3. The van der Waals surface area contributed by atoms with Crippen molar-refractivity contribution in [2.24, 2.45) is 5.41 Å². The maximum atomic E-state index is 12.3. The number of carbonyl (C=O) groups excluding carboxylic acids is 1. The standard InChI is InChI=1S/C16H20N2O4/c1-18(15(19)16(10-17)5-6-16)9-11-7-12(20-2)14(22-4)13(8-11)21-3/h7-8H,5-6,9H2,1-4H3. The van der Waals surface area contributed by atoms with Crippen LogP contribution in [-0.4, -0.2) is 39.2 Å². The van der Waals surface area contributed by atoms with E-state index in [1.54, 1.807) is 45.4 Å². The van der Waals surface area contributed by atoms with Gasteiger partial charge < -0.3 is 19.1 Å². The van der Waals surface area contributed by atoms with E-state index < -0.39 is 5.41 Å². The maximum Gasteiger partial charge on any atom is 0.243 e. The minimum atomic E-state index is -0.810. The smallest absolute Gasteiger partial charge is 0.243 e. The summed E-state index contributed by atoms with van der Waals surface area (Å²) in [5.41, 5.74) is 0.0363. The highest BCUT2D eigenvalue weighted by atomic mass is 16.5. The van der Waals surface area contributed by atoms with Gasteiger partial charge in [-0.05, 0) is 30.5 Å². The average Bonchev–Trinajstić information content (AvgIpc) is 3.34. The number of amides is 1. The summed E-state index contributed by atoms with van der Waals surface area (Å²) in [5.74, 6) is 1.46. The van der Waals surface area contributed by atoms with Crippen LogP contribution >= 0.6 is 0 Å². The van der Waals surface area contributed by atoms with Crippen LogP contribution in [0.25, 0.3) is 0 Å². The minimum absolute atomic E-state index is 0.135. The lowest BCUT2D eigenvalue weighted by molar-refractivity contribution is -0.134. The molecule has 0 bridgehead atoms. The van der Waals surface area contributed by atoms with Gasteiger partial charge in [-0.3, -0.25) is 4.79 Å². The fraction of sp³-hybridized carbons (Fsp3) is 0.500. The summed E-state index contributed by atoms with van der Waals surface area (Å²) in [6.07, 6.45) is 1.28. The maximum absolute atomic E-state index is 12.3. The number of carbonyl (C=O) groups is 1. The molecule has 0 N–H and O–H groups in total. The molecule has 0 atom stereocenters. The first-order chi connectivity index (χ1) is 10.5. The highest BCUT2D eigenvalue weighted by Gasteiger charge is 2.51. The second-order valence-electron chi connectivity index (χ2n) is 5.39. The summed E-state index contributed by atoms with van der Waals surface area (Å²) >= 11 is 0. The van der Waals surface area contributed by atoms with Crippen LogP contribution in [0, 0.1) is 16.7 Å². The number of hydrogen-bond acceptors (Lipinski definition) is 5. The summed E-state index contributed by atoms with van der Waals surface area (Å²) < 4.78 is 15.9. The highest BCUT2D eigenvalue weighted by molar-refractivity contribution is 5.88. The largest absolute Gasteiger partial charge is 0.493 e. The normalized spacial score (nSPS) is 14.7. The third kappa shape index (κ3) is 2.80. The van der Waals surface area contributed by atoms with Gasteiger partial charge in [0.05, 0.1) is 27.4 Å². The Morgan fingerprint density at radius 2 is 1.77 bits per heavy atom. The molecule has 1 fully saturated rings. The van der Waals surface area contributed by atoms with Crippen molar-refractivity contribution in [1.29, 1.82) is 5.26 Å². The van der Waals surface area contributed by atoms with Crippen LogP contribution < -0.4 is 14.2 Å². The predicted octanol–water partition coefficient (Wildman–Crippen LogP) is 1.97. The van der Waals surface area contributed by atoms with Gasteiger partial charge in [0.25, 0.3) is 0 Å². The van der Waals surface area contributed by atoms with Crippen LogP contribution in [0.1, 0.15) is 18.4 Å². The monoisotopic (exact) mass is 304 g/mol. The second kappa shape index (κ2) is 6.14. The summed E-state index contributed by atoms with van der Waals surface area (Å²) in [6.45, 7) is 0.374. The lowest BCUT2D eigenvalue weighted by Crippen LogP contribution is -2.33. The lowest BCUT2D eigenvalue weighted by atomic mass is 10.1. The summed E-state index contributed by atoms with van der Waals surface area (Å²) in [7, 11) is 6.33. The van der Waals surface area contributed by atoms with Crippen LogP contribution in [0.2, 0.25) is 0 Å². The van der Waals surface area contributed by atoms with Gasteiger partial charge in [0, 0.05) is 13.6 Å². The number of methoxy groups -OCH3 is 3. The molecule has 22 heavy (non-hydrogen) atoms. The number of nitriles is 1. The van der Waals surface area contributed by atoms with Crippen LogP contribution in [0.3, 0.4) is 0 Å². The topological polar surface area (TPSA) is 71.8 Å². The molecule has 118 valence electrons. The Hall–Kier alpha value is -2.42. The Kier molecular flexibility index (Phi) is 4.45. The van der Waals surface area contributed by atoms with Gasteiger partial charge in [0.2, 0.25) is 11.7 Å². The Balaban J connectivity index is 2.23. The van der Waals surface area contributed by atoms with Crippen LogP contribution in [0.4, 0.5) is 0 Å². The third-order valence-electron chi connectivity index (χ3n) is 3.86. The van der Waals surface area contributed by atoms with Crippen molar-refractivity contribution >= 4 is 5.91 Å². The van der Waals surface area contributed by atoms with Crippen molar-refractivity contribution in [3.8, 4) is 23.3 Å². The van der Waals surface area contributed by atoms with Crippen LogP contribution in [-0.2, 0) is 11.3 Å². The van der Waals surface area contributed by atoms with Crippen molar-refractivity contribution in [2.75, 3.05) is 28.4 Å². The van der Waals surface area contributed by atoms with Gasteiger partial charge in [-0.25, -0.2) is 0 Å². The second-order valence-corrected chi connectivity index (χ2v) is 5.39. The van der Waals surface area contributed by atoms with E-state index in [-0.39, 0.29) is 5.91 Å². The number of nitrogens with zero attached hydrogens (tertiary/aromatic N) is 2. The van der Waals surface area contributed by atoms with E-state index in [0.717, 1.165) is 5.56 Å². The summed E-state index contributed by atoms with van der Waals surface area (Å²) in [5, 5.41) is 9.12. The quantitative estimate of drug-likeness (QED) is 0.803. The molecule has 0 spiro atoms. The molecule has 1 aliphatic carbocycles. The van der Waals surface area contributed by atoms with Crippen molar-refractivity contribution in [1.82, 2.24) is 4.90 Å².